The number of nitrogens with one attached hydrogen (secondary N) is 4. The molecule has 0 saturated carbocycles. The third-order valence-corrected chi connectivity index (χ3v) is 4.85. The zero-order valence-corrected chi connectivity index (χ0v) is 21.2. The molecule has 0 radical (unpaired) electrons. The van der Waals surface area contributed by atoms with Crippen LogP contribution < -0.4 is 21.3 Å². The molecular weight excluding hydrogens is 452 g/mol. The zero-order valence-electron chi connectivity index (χ0n) is 21.2. The van der Waals surface area contributed by atoms with Gasteiger partial charge in [-0.2, -0.15) is 0 Å². The summed E-state index contributed by atoms with van der Waals surface area (Å²) in [7, 11) is 0. The lowest BCUT2D eigenvalue weighted by Gasteiger charge is -2.20. The Morgan fingerprint density at radius 1 is 0.771 bits per heavy atom. The zero-order chi connectivity index (χ0) is 26.4. The molecule has 0 saturated heterocycles. The number of hydrogen-bond acceptors (Lipinski definition) is 6. The Morgan fingerprint density at radius 3 is 1.71 bits per heavy atom. The van der Waals surface area contributed by atoms with Crippen LogP contribution in [0.15, 0.2) is 30.3 Å². The van der Waals surface area contributed by atoms with Crippen molar-refractivity contribution in [3.63, 3.8) is 0 Å². The van der Waals surface area contributed by atoms with Crippen molar-refractivity contribution in [1.29, 1.82) is 0 Å². The molecule has 4 N–H and O–H groups in total. The van der Waals surface area contributed by atoms with Gasteiger partial charge in [-0.15, -0.1) is 0 Å². The first kappa shape index (κ1) is 29.6. The predicted molar refractivity (Wildman–Crippen MR) is 131 cm³/mol. The van der Waals surface area contributed by atoms with Gasteiger partial charge in [-0.25, -0.2) is 4.79 Å². The van der Waals surface area contributed by atoms with Crippen LogP contribution in [0, 0.1) is 11.8 Å². The minimum absolute atomic E-state index is 0.0666. The van der Waals surface area contributed by atoms with Crippen molar-refractivity contribution >= 4 is 29.6 Å². The third-order valence-electron chi connectivity index (χ3n) is 4.85. The Hall–Kier alpha value is -3.43. The summed E-state index contributed by atoms with van der Waals surface area (Å²) in [4.78, 5) is 60.7. The highest BCUT2D eigenvalue weighted by Gasteiger charge is 2.24. The van der Waals surface area contributed by atoms with Crippen LogP contribution in [0.2, 0.25) is 0 Å². The van der Waals surface area contributed by atoms with E-state index in [-0.39, 0.29) is 37.4 Å². The van der Waals surface area contributed by atoms with Gasteiger partial charge in [0.1, 0.15) is 18.7 Å². The number of carbonyl (C=O) groups is 5. The smallest absolute Gasteiger partial charge is 0.408 e. The van der Waals surface area contributed by atoms with E-state index in [1.54, 1.807) is 0 Å². The molecule has 194 valence electrons. The number of rotatable bonds is 14. The predicted octanol–water partition coefficient (Wildman–Crippen LogP) is 1.68. The summed E-state index contributed by atoms with van der Waals surface area (Å²) in [6.07, 6.45) is 0.0479. The van der Waals surface area contributed by atoms with Crippen molar-refractivity contribution < 1.29 is 28.7 Å². The molecule has 1 aromatic carbocycles. The van der Waals surface area contributed by atoms with E-state index in [4.69, 9.17) is 4.74 Å². The van der Waals surface area contributed by atoms with Crippen LogP contribution in [0.1, 0.15) is 53.0 Å². The second kappa shape index (κ2) is 15.5. The van der Waals surface area contributed by atoms with Crippen LogP contribution in [0.5, 0.6) is 0 Å². The summed E-state index contributed by atoms with van der Waals surface area (Å²) < 4.78 is 5.18. The summed E-state index contributed by atoms with van der Waals surface area (Å²) in [5.41, 5.74) is 0.814. The van der Waals surface area contributed by atoms with Gasteiger partial charge in [0.2, 0.25) is 17.7 Å². The molecule has 0 fully saturated rings. The van der Waals surface area contributed by atoms with Crippen LogP contribution in [0.4, 0.5) is 4.79 Å². The Labute approximate surface area is 206 Å². The van der Waals surface area contributed by atoms with Gasteiger partial charge >= 0.3 is 6.09 Å². The average molecular weight is 491 g/mol. The number of ketones is 1. The first-order chi connectivity index (χ1) is 16.5. The normalized spacial score (nSPS) is 12.4. The molecule has 0 aliphatic rings. The fraction of sp³-hybridized carbons (Fsp3) is 0.560. The highest BCUT2D eigenvalue weighted by molar-refractivity contribution is 5.93. The van der Waals surface area contributed by atoms with Gasteiger partial charge in [-0.05, 0) is 30.2 Å². The van der Waals surface area contributed by atoms with E-state index in [0.717, 1.165) is 5.56 Å². The van der Waals surface area contributed by atoms with Crippen molar-refractivity contribution in [3.05, 3.63) is 35.9 Å². The van der Waals surface area contributed by atoms with Crippen molar-refractivity contribution in [2.24, 2.45) is 11.8 Å². The molecule has 0 heterocycles. The monoisotopic (exact) mass is 490 g/mol. The summed E-state index contributed by atoms with van der Waals surface area (Å²) >= 11 is 0. The second-order valence-corrected chi connectivity index (χ2v) is 9.25. The number of benzene rings is 1. The Kier molecular flexibility index (Phi) is 13.1. The van der Waals surface area contributed by atoms with E-state index >= 15 is 0 Å². The molecule has 10 heteroatoms. The number of Topliss-reactive ketones (excluding diaryl/α,β-unsaturated/α-hetero) is 1. The van der Waals surface area contributed by atoms with E-state index in [2.05, 4.69) is 21.3 Å². The lowest BCUT2D eigenvalue weighted by Crippen LogP contribution is -2.50. The van der Waals surface area contributed by atoms with Crippen molar-refractivity contribution in [3.8, 4) is 0 Å². The molecule has 10 nitrogen and oxygen atoms in total. The van der Waals surface area contributed by atoms with Gasteiger partial charge in [0.25, 0.3) is 0 Å². The van der Waals surface area contributed by atoms with Crippen LogP contribution in [0.3, 0.4) is 0 Å². The highest BCUT2D eigenvalue weighted by atomic mass is 16.5. The maximum atomic E-state index is 12.6. The molecule has 1 aromatic rings. The number of amides is 4. The minimum atomic E-state index is -0.879. The SMILES string of the molecule is CC(=O)N[C@@H](CC(C)C)C(=O)NCC(=O)CNC(=O)[C@H](CC(C)C)NC(=O)OCc1ccccc1. The van der Waals surface area contributed by atoms with Crippen LogP contribution >= 0.6 is 0 Å². The minimum Gasteiger partial charge on any atom is -0.445 e. The second-order valence-electron chi connectivity index (χ2n) is 9.25. The fourth-order valence-corrected chi connectivity index (χ4v) is 3.24. The van der Waals surface area contributed by atoms with Crippen LogP contribution in [-0.4, -0.2) is 54.8 Å². The van der Waals surface area contributed by atoms with E-state index in [1.165, 1.54) is 6.92 Å². The average Bonchev–Trinajstić information content (AvgIpc) is 2.78. The van der Waals surface area contributed by atoms with Crippen molar-refractivity contribution in [2.45, 2.75) is 66.2 Å². The van der Waals surface area contributed by atoms with Crippen molar-refractivity contribution in [2.75, 3.05) is 13.1 Å². The van der Waals surface area contributed by atoms with Gasteiger partial charge < -0.3 is 26.0 Å². The standard InChI is InChI=1S/C25H38N4O6/c1-16(2)11-21(28-18(5)30)23(32)26-13-20(31)14-27-24(33)22(12-17(3)4)29-25(34)35-15-19-9-7-6-8-10-19/h6-10,16-17,21-22H,11-15H2,1-5H3,(H,26,32)(H,27,33)(H,28,30)(H,29,34)/t21-,22-/m0/s1. The van der Waals surface area contributed by atoms with Crippen molar-refractivity contribution in [1.82, 2.24) is 21.3 Å². The molecule has 2 atom stereocenters. The first-order valence-corrected chi connectivity index (χ1v) is 11.8. The number of ether oxygens (including phenoxy) is 1. The maximum Gasteiger partial charge on any atom is 0.408 e. The van der Waals surface area contributed by atoms with E-state index in [0.29, 0.717) is 12.8 Å². The molecule has 0 spiro atoms. The number of alkyl carbamates (subject to hydrolysis) is 1. The lowest BCUT2D eigenvalue weighted by atomic mass is 10.0. The van der Waals surface area contributed by atoms with E-state index in [9.17, 15) is 24.0 Å². The van der Waals surface area contributed by atoms with Gasteiger partial charge in [-0.3, -0.25) is 19.2 Å². The molecule has 0 aromatic heterocycles. The number of carbonyl (C=O) groups excluding carboxylic acids is 5. The van der Waals surface area contributed by atoms with Gasteiger partial charge in [0, 0.05) is 6.92 Å². The molecule has 0 aliphatic heterocycles. The van der Waals surface area contributed by atoms with Crippen LogP contribution in [0.25, 0.3) is 0 Å². The topological polar surface area (TPSA) is 143 Å². The molecule has 0 bridgehead atoms. The molecular formula is C25H38N4O6. The Morgan fingerprint density at radius 2 is 1.26 bits per heavy atom. The quantitative estimate of drug-likeness (QED) is 0.312. The maximum absolute atomic E-state index is 12.6. The number of hydrogen-bond donors (Lipinski definition) is 4. The van der Waals surface area contributed by atoms with E-state index in [1.807, 2.05) is 58.0 Å². The summed E-state index contributed by atoms with van der Waals surface area (Å²) in [6, 6.07) is 7.53. The fourth-order valence-electron chi connectivity index (χ4n) is 3.24. The van der Waals surface area contributed by atoms with E-state index < -0.39 is 35.8 Å². The molecule has 0 unspecified atom stereocenters. The molecule has 4 amide bonds. The molecule has 1 rings (SSSR count). The summed E-state index contributed by atoms with van der Waals surface area (Å²) in [5.74, 6) is -1.48. The third kappa shape index (κ3) is 13.1. The Balaban J connectivity index is 2.53. The summed E-state index contributed by atoms with van der Waals surface area (Å²) in [6.45, 7) is 8.42. The highest BCUT2D eigenvalue weighted by Crippen LogP contribution is 2.07. The largest absolute Gasteiger partial charge is 0.445 e. The van der Waals surface area contributed by atoms with Gasteiger partial charge in [0.15, 0.2) is 5.78 Å². The summed E-state index contributed by atoms with van der Waals surface area (Å²) in [5, 5.41) is 10.1. The molecule has 0 aliphatic carbocycles. The van der Waals surface area contributed by atoms with Gasteiger partial charge in [-0.1, -0.05) is 58.0 Å². The molecule has 35 heavy (non-hydrogen) atoms. The van der Waals surface area contributed by atoms with Crippen LogP contribution in [-0.2, 0) is 30.5 Å². The lowest BCUT2D eigenvalue weighted by molar-refractivity contribution is -0.130. The Bertz CT molecular complexity index is 857. The van der Waals surface area contributed by atoms with Gasteiger partial charge in [0.05, 0.1) is 13.1 Å². The first-order valence-electron chi connectivity index (χ1n) is 11.8.